The van der Waals surface area contributed by atoms with Crippen molar-refractivity contribution in [3.05, 3.63) is 81.7 Å². The molecule has 0 aliphatic carbocycles. The van der Waals surface area contributed by atoms with Gasteiger partial charge in [0.25, 0.3) is 5.91 Å². The Morgan fingerprint density at radius 1 is 1.12 bits per heavy atom. The molecule has 3 rings (SSSR count). The molecule has 0 aromatic heterocycles. The second-order valence-corrected chi connectivity index (χ2v) is 6.67. The topological polar surface area (TPSA) is 41.5 Å². The number of hydrogen-bond acceptors (Lipinski definition) is 3. The molecule has 3 nitrogen and oxygen atoms in total. The average Bonchev–Trinajstić information content (AvgIpc) is 2.90. The van der Waals surface area contributed by atoms with Gasteiger partial charge in [-0.15, -0.1) is 0 Å². The summed E-state index contributed by atoms with van der Waals surface area (Å²) < 4.78 is 0. The van der Waals surface area contributed by atoms with Gasteiger partial charge in [-0.25, -0.2) is 4.99 Å². The molecule has 0 radical (unpaired) electrons. The number of allylic oxidation sites excluding steroid dienone is 2. The summed E-state index contributed by atoms with van der Waals surface area (Å²) in [5.74, 6) is -0.147. The van der Waals surface area contributed by atoms with Gasteiger partial charge in [-0.1, -0.05) is 60.1 Å². The third kappa shape index (κ3) is 4.16. The predicted octanol–water partition coefficient (Wildman–Crippen LogP) is 5.18. The van der Waals surface area contributed by atoms with Crippen molar-refractivity contribution in [2.75, 3.05) is 0 Å². The van der Waals surface area contributed by atoms with E-state index in [-0.39, 0.29) is 5.91 Å². The minimum absolute atomic E-state index is 0.147. The molecule has 1 fully saturated rings. The van der Waals surface area contributed by atoms with E-state index in [2.05, 4.69) is 10.3 Å². The number of amides is 1. The van der Waals surface area contributed by atoms with Gasteiger partial charge >= 0.3 is 0 Å². The standard InChI is InChI=1S/C19H15ClN2OS/c1-13(11-14-7-3-2-4-8-14)12-17-18(23)22-19(24-17)21-16-10-6-5-9-15(16)20/h2-12H,1H3,(H,21,22,23)/b13-11+,17-12-. The molecule has 5 heteroatoms. The van der Waals surface area contributed by atoms with Crippen LogP contribution in [-0.4, -0.2) is 11.1 Å². The molecule has 0 unspecified atom stereocenters. The lowest BCUT2D eigenvalue weighted by Crippen LogP contribution is -2.19. The highest BCUT2D eigenvalue weighted by atomic mass is 35.5. The number of carbonyl (C=O) groups is 1. The molecule has 2 aromatic rings. The Hall–Kier alpha value is -2.30. The summed E-state index contributed by atoms with van der Waals surface area (Å²) in [4.78, 5) is 17.1. The highest BCUT2D eigenvalue weighted by Gasteiger charge is 2.23. The molecule has 2 aromatic carbocycles. The first-order valence-corrected chi connectivity index (χ1v) is 8.59. The molecule has 0 spiro atoms. The lowest BCUT2D eigenvalue weighted by Gasteiger charge is -1.98. The van der Waals surface area contributed by atoms with Crippen LogP contribution in [0.5, 0.6) is 0 Å². The van der Waals surface area contributed by atoms with Crippen molar-refractivity contribution in [1.82, 2.24) is 5.32 Å². The first kappa shape index (κ1) is 16.6. The molecule has 120 valence electrons. The van der Waals surface area contributed by atoms with Crippen LogP contribution < -0.4 is 5.32 Å². The number of aliphatic imine (C=N–C) groups is 1. The van der Waals surface area contributed by atoms with E-state index in [1.807, 2.05) is 67.6 Å². The van der Waals surface area contributed by atoms with E-state index in [4.69, 9.17) is 11.6 Å². The molecule has 1 N–H and O–H groups in total. The molecule has 0 bridgehead atoms. The third-order valence-electron chi connectivity index (χ3n) is 3.28. The Balaban J connectivity index is 1.80. The van der Waals surface area contributed by atoms with E-state index in [0.717, 1.165) is 11.1 Å². The van der Waals surface area contributed by atoms with E-state index in [1.165, 1.54) is 11.8 Å². The lowest BCUT2D eigenvalue weighted by atomic mass is 10.1. The summed E-state index contributed by atoms with van der Waals surface area (Å²) in [6.45, 7) is 1.97. The fraction of sp³-hybridized carbons (Fsp3) is 0.0526. The van der Waals surface area contributed by atoms with Gasteiger partial charge in [0.1, 0.15) is 0 Å². The van der Waals surface area contributed by atoms with E-state index in [1.54, 1.807) is 6.07 Å². The Bertz CT molecular complexity index is 857. The summed E-state index contributed by atoms with van der Waals surface area (Å²) in [6, 6.07) is 17.3. The number of para-hydroxylation sites is 1. The minimum atomic E-state index is -0.147. The third-order valence-corrected chi connectivity index (χ3v) is 4.51. The predicted molar refractivity (Wildman–Crippen MR) is 102 cm³/mol. The fourth-order valence-corrected chi connectivity index (χ4v) is 3.26. The number of amidine groups is 1. The maximum absolute atomic E-state index is 12.1. The lowest BCUT2D eigenvalue weighted by molar-refractivity contribution is -0.115. The molecular formula is C19H15ClN2OS. The van der Waals surface area contributed by atoms with Crippen LogP contribution in [0.25, 0.3) is 6.08 Å². The van der Waals surface area contributed by atoms with Gasteiger partial charge in [0.15, 0.2) is 5.17 Å². The van der Waals surface area contributed by atoms with Crippen molar-refractivity contribution in [3.63, 3.8) is 0 Å². The molecule has 1 aliphatic heterocycles. The maximum Gasteiger partial charge on any atom is 0.264 e. The monoisotopic (exact) mass is 354 g/mol. The zero-order chi connectivity index (χ0) is 16.9. The van der Waals surface area contributed by atoms with Gasteiger partial charge in [0.2, 0.25) is 0 Å². The molecular weight excluding hydrogens is 340 g/mol. The summed E-state index contributed by atoms with van der Waals surface area (Å²) in [7, 11) is 0. The Morgan fingerprint density at radius 2 is 1.83 bits per heavy atom. The van der Waals surface area contributed by atoms with Crippen LogP contribution >= 0.6 is 23.4 Å². The minimum Gasteiger partial charge on any atom is -0.300 e. The van der Waals surface area contributed by atoms with Crippen LogP contribution in [-0.2, 0) is 4.79 Å². The fourth-order valence-electron chi connectivity index (χ4n) is 2.19. The van der Waals surface area contributed by atoms with Crippen molar-refractivity contribution in [3.8, 4) is 0 Å². The van der Waals surface area contributed by atoms with Crippen LogP contribution in [0.15, 0.2) is 76.1 Å². The van der Waals surface area contributed by atoms with Crippen molar-refractivity contribution < 1.29 is 4.79 Å². The van der Waals surface area contributed by atoms with E-state index >= 15 is 0 Å². The number of hydrogen-bond donors (Lipinski definition) is 1. The Labute approximate surface area is 150 Å². The molecule has 1 amide bonds. The highest BCUT2D eigenvalue weighted by Crippen LogP contribution is 2.30. The zero-order valence-corrected chi connectivity index (χ0v) is 14.6. The number of carbonyl (C=O) groups excluding carboxylic acids is 1. The van der Waals surface area contributed by atoms with Crippen LogP contribution in [0.2, 0.25) is 5.02 Å². The number of halogens is 1. The van der Waals surface area contributed by atoms with E-state index in [9.17, 15) is 4.79 Å². The molecule has 0 saturated carbocycles. The summed E-state index contributed by atoms with van der Waals surface area (Å²) in [5.41, 5.74) is 2.73. The smallest absolute Gasteiger partial charge is 0.264 e. The Morgan fingerprint density at radius 3 is 2.58 bits per heavy atom. The number of benzene rings is 2. The van der Waals surface area contributed by atoms with Crippen LogP contribution in [0.1, 0.15) is 12.5 Å². The van der Waals surface area contributed by atoms with Crippen molar-refractivity contribution in [1.29, 1.82) is 0 Å². The number of thioether (sulfide) groups is 1. The van der Waals surface area contributed by atoms with E-state index < -0.39 is 0 Å². The maximum atomic E-state index is 12.1. The first-order chi connectivity index (χ1) is 11.6. The first-order valence-electron chi connectivity index (χ1n) is 7.39. The summed E-state index contributed by atoms with van der Waals surface area (Å²) >= 11 is 7.41. The number of nitrogens with one attached hydrogen (secondary N) is 1. The summed E-state index contributed by atoms with van der Waals surface area (Å²) in [5, 5.41) is 3.86. The van der Waals surface area contributed by atoms with E-state index in [0.29, 0.717) is 20.8 Å². The van der Waals surface area contributed by atoms with Crippen LogP contribution in [0.3, 0.4) is 0 Å². The Kier molecular flexibility index (Phi) is 5.18. The quantitative estimate of drug-likeness (QED) is 0.772. The van der Waals surface area contributed by atoms with Gasteiger partial charge in [-0.3, -0.25) is 4.79 Å². The molecule has 24 heavy (non-hydrogen) atoms. The van der Waals surface area contributed by atoms with Crippen molar-refractivity contribution in [2.45, 2.75) is 6.92 Å². The van der Waals surface area contributed by atoms with Crippen LogP contribution in [0, 0.1) is 0 Å². The molecule has 0 atom stereocenters. The number of rotatable bonds is 3. The molecule has 1 saturated heterocycles. The average molecular weight is 355 g/mol. The molecule has 1 aliphatic rings. The molecule has 1 heterocycles. The van der Waals surface area contributed by atoms with Crippen molar-refractivity contribution >= 4 is 46.2 Å². The SMILES string of the molecule is CC(/C=C1\SC(=Nc2ccccc2Cl)NC1=O)=C\c1ccccc1. The van der Waals surface area contributed by atoms with Gasteiger partial charge in [0.05, 0.1) is 15.6 Å². The zero-order valence-electron chi connectivity index (χ0n) is 13.0. The van der Waals surface area contributed by atoms with Gasteiger partial charge in [-0.05, 0) is 48.0 Å². The highest BCUT2D eigenvalue weighted by molar-refractivity contribution is 8.18. The summed E-state index contributed by atoms with van der Waals surface area (Å²) in [6.07, 6.45) is 3.90. The largest absolute Gasteiger partial charge is 0.300 e. The second kappa shape index (κ2) is 7.51. The number of nitrogens with zero attached hydrogens (tertiary/aromatic N) is 1. The van der Waals surface area contributed by atoms with Crippen molar-refractivity contribution in [2.24, 2.45) is 4.99 Å². The van der Waals surface area contributed by atoms with Gasteiger partial charge < -0.3 is 5.32 Å². The normalized spacial score (nSPS) is 18.2. The second-order valence-electron chi connectivity index (χ2n) is 5.23. The van der Waals surface area contributed by atoms with Gasteiger partial charge in [0, 0.05) is 0 Å². The van der Waals surface area contributed by atoms with Crippen LogP contribution in [0.4, 0.5) is 5.69 Å². The van der Waals surface area contributed by atoms with Gasteiger partial charge in [-0.2, -0.15) is 0 Å².